The van der Waals surface area contributed by atoms with Crippen molar-refractivity contribution in [3.63, 3.8) is 0 Å². The van der Waals surface area contributed by atoms with Gasteiger partial charge in [-0.25, -0.2) is 0 Å². The number of hydrogen-bond acceptors (Lipinski definition) is 6. The van der Waals surface area contributed by atoms with Gasteiger partial charge in [0.15, 0.2) is 5.43 Å². The molecule has 2 heterocycles. The molecule has 2 aromatic rings. The number of aromatic hydroxyl groups is 1. The molecule has 1 aromatic heterocycles. The van der Waals surface area contributed by atoms with Crippen molar-refractivity contribution >= 4 is 51.3 Å². The van der Waals surface area contributed by atoms with E-state index in [0.29, 0.717) is 21.4 Å². The number of amides is 1. The summed E-state index contributed by atoms with van der Waals surface area (Å²) in [7, 11) is 0. The van der Waals surface area contributed by atoms with E-state index in [1.54, 1.807) is 6.08 Å². The molecule has 1 amide bonds. The van der Waals surface area contributed by atoms with Crippen LogP contribution in [-0.4, -0.2) is 26.8 Å². The molecule has 0 radical (unpaired) electrons. The molecule has 7 heteroatoms. The monoisotopic (exact) mass is 345 g/mol. The lowest BCUT2D eigenvalue weighted by Crippen LogP contribution is -2.27. The van der Waals surface area contributed by atoms with Gasteiger partial charge in [-0.1, -0.05) is 30.1 Å². The fourth-order valence-electron chi connectivity index (χ4n) is 2.16. The number of fused-ring (bicyclic) bond motifs is 1. The second-order valence-corrected chi connectivity index (χ2v) is 6.46. The molecule has 3 rings (SSSR count). The Bertz CT molecular complexity index is 929. The predicted octanol–water partition coefficient (Wildman–Crippen LogP) is 2.89. The average molecular weight is 345 g/mol. The standard InChI is InChI=1S/C16H11NO4S2/c1-2-5-17-15(20)13(23-16(17)22)6-9-8-21-12-4-3-10(18)7-11(12)14(9)19/h2-4,6-8,18H,1,5H2. The minimum atomic E-state index is -0.323. The molecule has 0 unspecified atom stereocenters. The largest absolute Gasteiger partial charge is 0.508 e. The Labute approximate surface area is 140 Å². The van der Waals surface area contributed by atoms with E-state index in [-0.39, 0.29) is 28.0 Å². The third kappa shape index (κ3) is 2.80. The highest BCUT2D eigenvalue weighted by Gasteiger charge is 2.31. The van der Waals surface area contributed by atoms with Crippen molar-refractivity contribution in [1.29, 1.82) is 0 Å². The third-order valence-electron chi connectivity index (χ3n) is 3.25. The van der Waals surface area contributed by atoms with E-state index in [9.17, 15) is 14.7 Å². The highest BCUT2D eigenvalue weighted by atomic mass is 32.2. The maximum Gasteiger partial charge on any atom is 0.266 e. The number of nitrogens with zero attached hydrogens (tertiary/aromatic N) is 1. The van der Waals surface area contributed by atoms with Gasteiger partial charge in [0.05, 0.1) is 15.9 Å². The average Bonchev–Trinajstić information content (AvgIpc) is 2.78. The molecule has 0 bridgehead atoms. The van der Waals surface area contributed by atoms with Crippen molar-refractivity contribution < 1.29 is 14.3 Å². The Morgan fingerprint density at radius 3 is 2.91 bits per heavy atom. The maximum absolute atomic E-state index is 12.5. The predicted molar refractivity (Wildman–Crippen MR) is 94.2 cm³/mol. The molecular formula is C16H11NO4S2. The first-order valence-corrected chi connectivity index (χ1v) is 7.84. The van der Waals surface area contributed by atoms with Crippen molar-refractivity contribution in [2.24, 2.45) is 0 Å². The lowest BCUT2D eigenvalue weighted by Gasteiger charge is -2.10. The molecule has 1 aromatic carbocycles. The van der Waals surface area contributed by atoms with Gasteiger partial charge in [0, 0.05) is 6.54 Å². The van der Waals surface area contributed by atoms with E-state index in [0.717, 1.165) is 11.8 Å². The number of benzene rings is 1. The van der Waals surface area contributed by atoms with Gasteiger partial charge in [-0.3, -0.25) is 14.5 Å². The number of carbonyl (C=O) groups excluding carboxylic acids is 1. The van der Waals surface area contributed by atoms with E-state index in [1.807, 2.05) is 0 Å². The summed E-state index contributed by atoms with van der Waals surface area (Å²) in [5.74, 6) is -0.297. The quantitative estimate of drug-likeness (QED) is 0.524. The van der Waals surface area contributed by atoms with Crippen LogP contribution in [0.3, 0.4) is 0 Å². The Kier molecular flexibility index (Phi) is 4.06. The molecule has 0 saturated carbocycles. The van der Waals surface area contributed by atoms with Crippen LogP contribution in [0.4, 0.5) is 0 Å². The fourth-order valence-corrected chi connectivity index (χ4v) is 3.43. The molecule has 116 valence electrons. The van der Waals surface area contributed by atoms with E-state index < -0.39 is 0 Å². The first kappa shape index (κ1) is 15.5. The summed E-state index contributed by atoms with van der Waals surface area (Å²) in [6.45, 7) is 3.91. The van der Waals surface area contributed by atoms with Crippen LogP contribution in [0.5, 0.6) is 5.75 Å². The van der Waals surface area contributed by atoms with E-state index in [2.05, 4.69) is 6.58 Å². The molecule has 1 aliphatic rings. The van der Waals surface area contributed by atoms with Crippen LogP contribution in [0, 0.1) is 0 Å². The minimum Gasteiger partial charge on any atom is -0.508 e. The first-order chi connectivity index (χ1) is 11.0. The Balaban J connectivity index is 2.06. The third-order valence-corrected chi connectivity index (χ3v) is 4.63. The van der Waals surface area contributed by atoms with Gasteiger partial charge in [-0.15, -0.1) is 6.58 Å². The van der Waals surface area contributed by atoms with Crippen LogP contribution in [0.2, 0.25) is 0 Å². The molecule has 0 spiro atoms. The normalized spacial score (nSPS) is 16.5. The fraction of sp³-hybridized carbons (Fsp3) is 0.0625. The van der Waals surface area contributed by atoms with Crippen molar-refractivity contribution in [2.45, 2.75) is 0 Å². The molecule has 5 nitrogen and oxygen atoms in total. The highest BCUT2D eigenvalue weighted by Crippen LogP contribution is 2.32. The highest BCUT2D eigenvalue weighted by molar-refractivity contribution is 8.26. The summed E-state index contributed by atoms with van der Waals surface area (Å²) in [6.07, 6.45) is 4.33. The van der Waals surface area contributed by atoms with Gasteiger partial charge in [0.2, 0.25) is 0 Å². The van der Waals surface area contributed by atoms with Crippen LogP contribution in [0.25, 0.3) is 17.0 Å². The number of phenolic OH excluding ortho intramolecular Hbond substituents is 1. The molecule has 1 saturated heterocycles. The topological polar surface area (TPSA) is 70.8 Å². The number of rotatable bonds is 3. The van der Waals surface area contributed by atoms with Crippen molar-refractivity contribution in [3.8, 4) is 5.75 Å². The van der Waals surface area contributed by atoms with Crippen molar-refractivity contribution in [3.05, 3.63) is 57.8 Å². The maximum atomic E-state index is 12.5. The zero-order valence-electron chi connectivity index (χ0n) is 11.8. The molecular weight excluding hydrogens is 334 g/mol. The SMILES string of the molecule is C=CCN1C(=O)C(=Cc2coc3ccc(O)cc3c2=O)SC1=S. The molecule has 1 N–H and O–H groups in total. The molecule has 1 aliphatic heterocycles. The number of carbonyl (C=O) groups is 1. The van der Waals surface area contributed by atoms with Crippen LogP contribution in [0.1, 0.15) is 5.56 Å². The van der Waals surface area contributed by atoms with Gasteiger partial charge in [0.25, 0.3) is 5.91 Å². The molecule has 23 heavy (non-hydrogen) atoms. The van der Waals surface area contributed by atoms with E-state index in [1.165, 1.54) is 35.4 Å². The lowest BCUT2D eigenvalue weighted by molar-refractivity contribution is -0.121. The summed E-state index contributed by atoms with van der Waals surface area (Å²) in [5.41, 5.74) is 0.266. The van der Waals surface area contributed by atoms with Crippen LogP contribution >= 0.6 is 24.0 Å². The number of phenols is 1. The van der Waals surface area contributed by atoms with Gasteiger partial charge in [0.1, 0.15) is 21.9 Å². The second-order valence-electron chi connectivity index (χ2n) is 4.78. The number of thioether (sulfide) groups is 1. The summed E-state index contributed by atoms with van der Waals surface area (Å²) < 4.78 is 5.81. The summed E-state index contributed by atoms with van der Waals surface area (Å²) in [6, 6.07) is 4.28. The first-order valence-electron chi connectivity index (χ1n) is 6.62. The summed E-state index contributed by atoms with van der Waals surface area (Å²) in [5, 5.41) is 9.76. The smallest absolute Gasteiger partial charge is 0.266 e. The summed E-state index contributed by atoms with van der Waals surface area (Å²) in [4.78, 5) is 26.5. The second kappa shape index (κ2) is 6.02. The zero-order chi connectivity index (χ0) is 16.6. The van der Waals surface area contributed by atoms with Crippen molar-refractivity contribution in [2.75, 3.05) is 6.54 Å². The Hall–Kier alpha value is -2.38. The van der Waals surface area contributed by atoms with Crippen LogP contribution < -0.4 is 5.43 Å². The molecule has 0 aliphatic carbocycles. The molecule has 1 fully saturated rings. The van der Waals surface area contributed by atoms with Crippen molar-refractivity contribution in [1.82, 2.24) is 4.90 Å². The van der Waals surface area contributed by atoms with E-state index in [4.69, 9.17) is 16.6 Å². The minimum absolute atomic E-state index is 0.0285. The summed E-state index contributed by atoms with van der Waals surface area (Å²) >= 11 is 6.27. The van der Waals surface area contributed by atoms with Gasteiger partial charge >= 0.3 is 0 Å². The van der Waals surface area contributed by atoms with E-state index >= 15 is 0 Å². The van der Waals surface area contributed by atoms with Gasteiger partial charge in [-0.2, -0.15) is 0 Å². The zero-order valence-corrected chi connectivity index (χ0v) is 13.4. The Morgan fingerprint density at radius 1 is 1.39 bits per heavy atom. The Morgan fingerprint density at radius 2 is 2.17 bits per heavy atom. The van der Waals surface area contributed by atoms with Crippen LogP contribution in [0.15, 0.2) is 51.2 Å². The number of thiocarbonyl (C=S) groups is 1. The van der Waals surface area contributed by atoms with Gasteiger partial charge in [-0.05, 0) is 24.3 Å². The van der Waals surface area contributed by atoms with Crippen LogP contribution in [-0.2, 0) is 4.79 Å². The lowest BCUT2D eigenvalue weighted by atomic mass is 10.1. The number of hydrogen-bond donors (Lipinski definition) is 1. The van der Waals surface area contributed by atoms with Gasteiger partial charge < -0.3 is 9.52 Å². The molecule has 0 atom stereocenters.